The predicted molar refractivity (Wildman–Crippen MR) is 147 cm³/mol. The Morgan fingerprint density at radius 3 is 2.36 bits per heavy atom. The first kappa shape index (κ1) is 25.8. The lowest BCUT2D eigenvalue weighted by Gasteiger charge is -2.15. The normalized spacial score (nSPS) is 13.1. The average Bonchev–Trinajstić information content (AvgIpc) is 3.54. The first-order valence-electron chi connectivity index (χ1n) is 11.7. The maximum Gasteiger partial charge on any atom is 0.276 e. The molecule has 5 rings (SSSR count). The quantitative estimate of drug-likeness (QED) is 0.242. The summed E-state index contributed by atoms with van der Waals surface area (Å²) in [6.07, 6.45) is 0. The number of nitrogens with zero attached hydrogens (tertiary/aromatic N) is 4. The summed E-state index contributed by atoms with van der Waals surface area (Å²) in [5.74, 6) is 1.13. The number of thioether (sulfide) groups is 1. The summed E-state index contributed by atoms with van der Waals surface area (Å²) in [4.78, 5) is 24.9. The Labute approximate surface area is 228 Å². The fourth-order valence-electron chi connectivity index (χ4n) is 4.06. The lowest BCUT2D eigenvalue weighted by molar-refractivity contribution is -0.118. The van der Waals surface area contributed by atoms with Gasteiger partial charge in [-0.05, 0) is 30.3 Å². The molecule has 0 aliphatic carbocycles. The van der Waals surface area contributed by atoms with E-state index in [-0.39, 0.29) is 17.4 Å². The second-order valence-corrected chi connectivity index (χ2v) is 9.12. The van der Waals surface area contributed by atoms with Crippen LogP contribution in [0.5, 0.6) is 17.2 Å². The molecule has 1 aliphatic rings. The molecule has 0 spiro atoms. The number of fused-ring (bicyclic) bond motifs is 1. The fourth-order valence-corrected chi connectivity index (χ4v) is 4.81. The van der Waals surface area contributed by atoms with Crippen LogP contribution < -0.4 is 25.0 Å². The van der Waals surface area contributed by atoms with E-state index in [0.29, 0.717) is 45.0 Å². The van der Waals surface area contributed by atoms with Crippen molar-refractivity contribution in [1.29, 1.82) is 0 Å². The van der Waals surface area contributed by atoms with Crippen molar-refractivity contribution in [2.75, 3.05) is 32.4 Å². The van der Waals surface area contributed by atoms with E-state index in [1.807, 2.05) is 41.0 Å². The van der Waals surface area contributed by atoms with Crippen LogP contribution in [0.25, 0.3) is 17.1 Å². The summed E-state index contributed by atoms with van der Waals surface area (Å²) in [5.41, 5.74) is 5.39. The molecule has 4 aromatic rings. The molecule has 0 fully saturated rings. The predicted octanol–water partition coefficient (Wildman–Crippen LogP) is 3.52. The van der Waals surface area contributed by atoms with Crippen molar-refractivity contribution in [3.63, 3.8) is 0 Å². The molecule has 1 aliphatic heterocycles. The molecule has 12 heteroatoms. The molecule has 0 unspecified atom stereocenters. The van der Waals surface area contributed by atoms with Gasteiger partial charge in [0.2, 0.25) is 5.75 Å². The van der Waals surface area contributed by atoms with E-state index in [2.05, 4.69) is 26.0 Å². The molecular weight excluding hydrogens is 520 g/mol. The number of anilines is 1. The van der Waals surface area contributed by atoms with Gasteiger partial charge in [-0.15, -0.1) is 10.2 Å². The standard InChI is InChI=1S/C27H24N6O5S/c1-36-20-13-16(14-21(37-2)24(20)38-3)25-31-32-27(33(25)17-9-5-4-6-10-17)39-15-22(34)29-30-23-18-11-7-8-12-19(18)28-26(23)35/h4-14H,15H2,1-3H3,(H,29,34)(H,28,30,35). The van der Waals surface area contributed by atoms with Crippen LogP contribution in [0.1, 0.15) is 5.56 Å². The summed E-state index contributed by atoms with van der Waals surface area (Å²) < 4.78 is 18.3. The van der Waals surface area contributed by atoms with Crippen molar-refractivity contribution in [3.8, 4) is 34.3 Å². The number of rotatable bonds is 9. The highest BCUT2D eigenvalue weighted by atomic mass is 32.2. The molecule has 2 heterocycles. The van der Waals surface area contributed by atoms with Crippen molar-refractivity contribution in [2.45, 2.75) is 5.16 Å². The number of ether oxygens (including phenoxy) is 3. The van der Waals surface area contributed by atoms with Crippen LogP contribution in [0.2, 0.25) is 0 Å². The highest BCUT2D eigenvalue weighted by Gasteiger charge is 2.26. The van der Waals surface area contributed by atoms with E-state index >= 15 is 0 Å². The third-order valence-corrected chi connectivity index (χ3v) is 6.77. The number of hydrazone groups is 1. The number of carbonyl (C=O) groups excluding carboxylic acids is 2. The van der Waals surface area contributed by atoms with Gasteiger partial charge in [0.1, 0.15) is 0 Å². The minimum Gasteiger partial charge on any atom is -0.493 e. The van der Waals surface area contributed by atoms with E-state index in [1.165, 1.54) is 18.9 Å². The van der Waals surface area contributed by atoms with Gasteiger partial charge in [0.15, 0.2) is 28.2 Å². The number of carbonyl (C=O) groups is 2. The van der Waals surface area contributed by atoms with Gasteiger partial charge in [0, 0.05) is 16.8 Å². The molecule has 39 heavy (non-hydrogen) atoms. The molecular formula is C27H24N6O5S. The number of methoxy groups -OCH3 is 3. The van der Waals surface area contributed by atoms with E-state index in [9.17, 15) is 9.59 Å². The zero-order valence-electron chi connectivity index (χ0n) is 21.3. The highest BCUT2D eigenvalue weighted by Crippen LogP contribution is 2.41. The molecule has 0 bridgehead atoms. The summed E-state index contributed by atoms with van der Waals surface area (Å²) in [6.45, 7) is 0. The van der Waals surface area contributed by atoms with E-state index in [1.54, 1.807) is 44.6 Å². The summed E-state index contributed by atoms with van der Waals surface area (Å²) in [6, 6.07) is 20.2. The summed E-state index contributed by atoms with van der Waals surface area (Å²) in [7, 11) is 4.62. The van der Waals surface area contributed by atoms with Crippen LogP contribution in [-0.4, -0.2) is 59.4 Å². The largest absolute Gasteiger partial charge is 0.493 e. The van der Waals surface area contributed by atoms with Crippen molar-refractivity contribution >= 4 is 35.0 Å². The van der Waals surface area contributed by atoms with Crippen LogP contribution >= 0.6 is 11.8 Å². The second-order valence-electron chi connectivity index (χ2n) is 8.17. The van der Waals surface area contributed by atoms with Gasteiger partial charge in [0.05, 0.1) is 32.8 Å². The molecule has 2 N–H and O–H groups in total. The maximum absolute atomic E-state index is 12.7. The Morgan fingerprint density at radius 2 is 1.67 bits per heavy atom. The van der Waals surface area contributed by atoms with Crippen molar-refractivity contribution in [1.82, 2.24) is 20.2 Å². The first-order valence-corrected chi connectivity index (χ1v) is 12.7. The van der Waals surface area contributed by atoms with Gasteiger partial charge in [-0.2, -0.15) is 5.10 Å². The number of hydrogen-bond donors (Lipinski definition) is 2. The molecule has 0 saturated heterocycles. The minimum absolute atomic E-state index is 0.0136. The zero-order valence-corrected chi connectivity index (χ0v) is 22.1. The van der Waals surface area contributed by atoms with Crippen LogP contribution in [0.15, 0.2) is 77.0 Å². The van der Waals surface area contributed by atoms with Crippen molar-refractivity contribution in [2.24, 2.45) is 5.10 Å². The Morgan fingerprint density at radius 1 is 0.974 bits per heavy atom. The molecule has 198 valence electrons. The Balaban J connectivity index is 1.42. The Kier molecular flexibility index (Phi) is 7.46. The Bertz CT molecular complexity index is 1550. The van der Waals surface area contributed by atoms with Crippen molar-refractivity contribution in [3.05, 3.63) is 72.3 Å². The Hall–Kier alpha value is -4.84. The van der Waals surface area contributed by atoms with E-state index < -0.39 is 5.91 Å². The lowest BCUT2D eigenvalue weighted by atomic mass is 10.1. The van der Waals surface area contributed by atoms with Crippen LogP contribution in [0.3, 0.4) is 0 Å². The third-order valence-electron chi connectivity index (χ3n) is 5.84. The molecule has 0 atom stereocenters. The molecule has 11 nitrogen and oxygen atoms in total. The number of amides is 2. The van der Waals surface area contributed by atoms with Crippen molar-refractivity contribution < 1.29 is 23.8 Å². The maximum atomic E-state index is 12.7. The van der Waals surface area contributed by atoms with E-state index in [0.717, 1.165) is 5.69 Å². The fraction of sp³-hybridized carbons (Fsp3) is 0.148. The number of nitrogens with one attached hydrogen (secondary N) is 2. The van der Waals surface area contributed by atoms with Gasteiger partial charge in [0.25, 0.3) is 11.8 Å². The average molecular weight is 545 g/mol. The summed E-state index contributed by atoms with van der Waals surface area (Å²) >= 11 is 1.18. The molecule has 1 aromatic heterocycles. The van der Waals surface area contributed by atoms with Gasteiger partial charge in [-0.25, -0.2) is 5.43 Å². The number of benzene rings is 3. The third kappa shape index (κ3) is 5.14. The number of para-hydroxylation sites is 2. The molecule has 2 amide bonds. The lowest BCUT2D eigenvalue weighted by Crippen LogP contribution is -2.24. The first-order chi connectivity index (χ1) is 19.0. The minimum atomic E-state index is -0.401. The zero-order chi connectivity index (χ0) is 27.4. The highest BCUT2D eigenvalue weighted by molar-refractivity contribution is 7.99. The second kappa shape index (κ2) is 11.3. The number of hydrogen-bond acceptors (Lipinski definition) is 9. The van der Waals surface area contributed by atoms with Gasteiger partial charge >= 0.3 is 0 Å². The SMILES string of the molecule is COc1cc(-c2nnc(SCC(=O)N/N=C3\C(=O)Nc4ccccc43)n2-c2ccccc2)cc(OC)c1OC. The molecule has 3 aromatic carbocycles. The van der Waals surface area contributed by atoms with Gasteiger partial charge in [-0.3, -0.25) is 14.2 Å². The van der Waals surface area contributed by atoms with Gasteiger partial charge in [-0.1, -0.05) is 48.2 Å². The van der Waals surface area contributed by atoms with Crippen LogP contribution in [0.4, 0.5) is 5.69 Å². The van der Waals surface area contributed by atoms with Gasteiger partial charge < -0.3 is 19.5 Å². The topological polar surface area (TPSA) is 129 Å². The van der Waals surface area contributed by atoms with Crippen LogP contribution in [-0.2, 0) is 9.59 Å². The van der Waals surface area contributed by atoms with Crippen LogP contribution in [0, 0.1) is 0 Å². The van der Waals surface area contributed by atoms with E-state index in [4.69, 9.17) is 14.2 Å². The number of aromatic nitrogens is 3. The smallest absolute Gasteiger partial charge is 0.276 e. The molecule has 0 radical (unpaired) electrons. The monoisotopic (exact) mass is 544 g/mol. The molecule has 0 saturated carbocycles. The summed E-state index contributed by atoms with van der Waals surface area (Å²) in [5, 5.41) is 16.0.